The molecule has 0 amide bonds. The van der Waals surface area contributed by atoms with Crippen LogP contribution in [0.2, 0.25) is 0 Å². The molecule has 0 aromatic carbocycles. The molecule has 4 rings (SSSR count). The number of hydrogen-bond donors (Lipinski definition) is 0. The fraction of sp³-hybridized carbons (Fsp3) is 0.538. The molecule has 0 saturated carbocycles. The van der Waals surface area contributed by atoms with Crippen molar-refractivity contribution in [2.75, 3.05) is 44.7 Å². The summed E-state index contributed by atoms with van der Waals surface area (Å²) in [4.78, 5) is 13.7. The minimum Gasteiger partial charge on any atom is -0.346 e. The number of anilines is 1. The van der Waals surface area contributed by atoms with E-state index in [1.807, 2.05) is 0 Å². The van der Waals surface area contributed by atoms with Gasteiger partial charge in [0.2, 0.25) is 0 Å². The smallest absolute Gasteiger partial charge is 0.186 e. The van der Waals surface area contributed by atoms with Gasteiger partial charge in [0.15, 0.2) is 16.8 Å². The zero-order valence-electron chi connectivity index (χ0n) is 11.9. The quantitative estimate of drug-likeness (QED) is 0.812. The summed E-state index contributed by atoms with van der Waals surface area (Å²) in [6, 6.07) is 0. The molecule has 0 N–H and O–H groups in total. The topological polar surface area (TPSA) is 62.4 Å². The van der Waals surface area contributed by atoms with Crippen molar-refractivity contribution in [1.82, 2.24) is 24.6 Å². The fourth-order valence-electron chi connectivity index (χ4n) is 2.63. The Morgan fingerprint density at radius 2 is 1.95 bits per heavy atom. The van der Waals surface area contributed by atoms with Crippen molar-refractivity contribution in [1.29, 1.82) is 0 Å². The van der Waals surface area contributed by atoms with Crippen LogP contribution < -0.4 is 4.90 Å². The van der Waals surface area contributed by atoms with Crippen molar-refractivity contribution < 1.29 is 0 Å². The SMILES string of the molecule is CN1CCN(c2nc(-c3nnc4n3CCN=C4)cs2)CC1. The molecular weight excluding hydrogens is 286 g/mol. The van der Waals surface area contributed by atoms with Crippen LogP contribution in [0.25, 0.3) is 11.5 Å². The van der Waals surface area contributed by atoms with E-state index in [1.54, 1.807) is 17.6 Å². The van der Waals surface area contributed by atoms with Gasteiger partial charge in [-0.15, -0.1) is 21.5 Å². The molecule has 0 aliphatic carbocycles. The molecule has 0 radical (unpaired) electrons. The molecule has 2 aliphatic rings. The maximum atomic E-state index is 4.77. The van der Waals surface area contributed by atoms with Gasteiger partial charge in [0, 0.05) is 38.1 Å². The normalized spacial score (nSPS) is 19.0. The minimum atomic E-state index is 0.785. The Kier molecular flexibility index (Phi) is 3.19. The van der Waals surface area contributed by atoms with E-state index in [4.69, 9.17) is 4.98 Å². The highest BCUT2D eigenvalue weighted by Crippen LogP contribution is 2.27. The molecule has 7 nitrogen and oxygen atoms in total. The van der Waals surface area contributed by atoms with Gasteiger partial charge in [-0.05, 0) is 7.05 Å². The molecule has 1 fully saturated rings. The van der Waals surface area contributed by atoms with Crippen molar-refractivity contribution in [3.05, 3.63) is 11.2 Å². The fourth-order valence-corrected chi connectivity index (χ4v) is 3.49. The second-order valence-electron chi connectivity index (χ2n) is 5.37. The molecule has 0 spiro atoms. The van der Waals surface area contributed by atoms with Crippen LogP contribution in [-0.4, -0.2) is 70.6 Å². The number of thiazole rings is 1. The lowest BCUT2D eigenvalue weighted by molar-refractivity contribution is 0.313. The summed E-state index contributed by atoms with van der Waals surface area (Å²) in [6.45, 7) is 5.86. The zero-order valence-corrected chi connectivity index (χ0v) is 12.8. The molecule has 0 atom stereocenters. The Bertz CT molecular complexity index is 666. The first-order chi connectivity index (χ1) is 10.3. The van der Waals surface area contributed by atoms with Gasteiger partial charge in [0.25, 0.3) is 0 Å². The summed E-state index contributed by atoms with van der Waals surface area (Å²) >= 11 is 1.69. The number of likely N-dealkylation sites (N-methyl/N-ethyl adjacent to an activating group) is 1. The van der Waals surface area contributed by atoms with Crippen molar-refractivity contribution in [3.63, 3.8) is 0 Å². The predicted octanol–water partition coefficient (Wildman–Crippen LogP) is 0.586. The molecule has 0 bridgehead atoms. The maximum absolute atomic E-state index is 4.77. The highest BCUT2D eigenvalue weighted by atomic mass is 32.1. The van der Waals surface area contributed by atoms with Crippen LogP contribution in [0.15, 0.2) is 10.4 Å². The second kappa shape index (κ2) is 5.19. The molecule has 8 heteroatoms. The molecule has 0 unspecified atom stereocenters. The summed E-state index contributed by atoms with van der Waals surface area (Å²) in [5.74, 6) is 1.68. The molecule has 110 valence electrons. The summed E-state index contributed by atoms with van der Waals surface area (Å²) in [5.41, 5.74) is 0.919. The van der Waals surface area contributed by atoms with Gasteiger partial charge >= 0.3 is 0 Å². The third-order valence-electron chi connectivity index (χ3n) is 3.93. The van der Waals surface area contributed by atoms with E-state index in [2.05, 4.69) is 42.0 Å². The van der Waals surface area contributed by atoms with Crippen LogP contribution in [0.4, 0.5) is 5.13 Å². The number of aliphatic imine (C=N–C) groups is 1. The van der Waals surface area contributed by atoms with Gasteiger partial charge < -0.3 is 14.4 Å². The average molecular weight is 303 g/mol. The highest BCUT2D eigenvalue weighted by molar-refractivity contribution is 7.14. The Hall–Kier alpha value is -1.80. The molecule has 2 aromatic rings. The maximum Gasteiger partial charge on any atom is 0.186 e. The number of hydrogen-bond acceptors (Lipinski definition) is 7. The first-order valence-corrected chi connectivity index (χ1v) is 8.01. The number of nitrogens with zero attached hydrogens (tertiary/aromatic N) is 7. The van der Waals surface area contributed by atoms with E-state index in [0.717, 1.165) is 61.7 Å². The van der Waals surface area contributed by atoms with Crippen molar-refractivity contribution in [3.8, 4) is 11.5 Å². The molecular formula is C13H17N7S. The summed E-state index contributed by atoms with van der Waals surface area (Å²) in [5, 5.41) is 11.6. The minimum absolute atomic E-state index is 0.785. The van der Waals surface area contributed by atoms with Gasteiger partial charge in [0.1, 0.15) is 5.69 Å². The van der Waals surface area contributed by atoms with Crippen LogP contribution in [0, 0.1) is 0 Å². The van der Waals surface area contributed by atoms with Crippen LogP contribution in [0.5, 0.6) is 0 Å². The molecule has 21 heavy (non-hydrogen) atoms. The lowest BCUT2D eigenvalue weighted by Gasteiger charge is -2.32. The summed E-state index contributed by atoms with van der Waals surface area (Å²) in [7, 11) is 2.16. The van der Waals surface area contributed by atoms with E-state index >= 15 is 0 Å². The van der Waals surface area contributed by atoms with E-state index in [-0.39, 0.29) is 0 Å². The summed E-state index contributed by atoms with van der Waals surface area (Å²) in [6.07, 6.45) is 1.79. The Morgan fingerprint density at radius 1 is 1.10 bits per heavy atom. The van der Waals surface area contributed by atoms with Crippen molar-refractivity contribution in [2.24, 2.45) is 4.99 Å². The van der Waals surface area contributed by atoms with Crippen LogP contribution in [-0.2, 0) is 6.54 Å². The lowest BCUT2D eigenvalue weighted by atomic mass is 10.3. The standard InChI is InChI=1S/C13H17N7S/c1-18-4-6-19(7-5-18)13-15-10(9-21-13)12-17-16-11-8-14-2-3-20(11)12/h8-9H,2-7H2,1H3. The number of fused-ring (bicyclic) bond motifs is 1. The summed E-state index contributed by atoms with van der Waals surface area (Å²) < 4.78 is 2.09. The van der Waals surface area contributed by atoms with E-state index in [1.165, 1.54) is 0 Å². The Labute approximate surface area is 126 Å². The Balaban J connectivity index is 1.60. The lowest BCUT2D eigenvalue weighted by Crippen LogP contribution is -2.44. The van der Waals surface area contributed by atoms with Gasteiger partial charge in [-0.25, -0.2) is 4.98 Å². The van der Waals surface area contributed by atoms with Crippen molar-refractivity contribution >= 4 is 22.7 Å². The van der Waals surface area contributed by atoms with E-state index in [0.29, 0.717) is 0 Å². The third-order valence-corrected chi connectivity index (χ3v) is 4.84. The van der Waals surface area contributed by atoms with Crippen LogP contribution >= 0.6 is 11.3 Å². The van der Waals surface area contributed by atoms with Crippen LogP contribution in [0.1, 0.15) is 5.82 Å². The number of aromatic nitrogens is 4. The largest absolute Gasteiger partial charge is 0.346 e. The van der Waals surface area contributed by atoms with Crippen LogP contribution in [0.3, 0.4) is 0 Å². The zero-order chi connectivity index (χ0) is 14.2. The van der Waals surface area contributed by atoms with Gasteiger partial charge in [-0.3, -0.25) is 4.99 Å². The Morgan fingerprint density at radius 3 is 2.81 bits per heavy atom. The van der Waals surface area contributed by atoms with Crippen molar-refractivity contribution in [2.45, 2.75) is 6.54 Å². The molecule has 2 aromatic heterocycles. The third kappa shape index (κ3) is 2.34. The average Bonchev–Trinajstić information content (AvgIpc) is 3.14. The van der Waals surface area contributed by atoms with Gasteiger partial charge in [-0.1, -0.05) is 0 Å². The molecule has 2 aliphatic heterocycles. The van der Waals surface area contributed by atoms with Gasteiger partial charge in [0.05, 0.1) is 12.8 Å². The second-order valence-corrected chi connectivity index (χ2v) is 6.21. The monoisotopic (exact) mass is 303 g/mol. The van der Waals surface area contributed by atoms with E-state index < -0.39 is 0 Å². The first-order valence-electron chi connectivity index (χ1n) is 7.14. The number of piperazine rings is 1. The predicted molar refractivity (Wildman–Crippen MR) is 83.3 cm³/mol. The first kappa shape index (κ1) is 12.9. The van der Waals surface area contributed by atoms with E-state index in [9.17, 15) is 0 Å². The molecule has 1 saturated heterocycles. The van der Waals surface area contributed by atoms with Gasteiger partial charge in [-0.2, -0.15) is 0 Å². The number of rotatable bonds is 2. The molecule has 4 heterocycles. The highest BCUT2D eigenvalue weighted by Gasteiger charge is 2.20.